The SMILES string of the molecule is Nc1ccc(-c2nc3c(c(=O)[nH]2)CCN(Cc2c(F)cccc2Cl)C3)cc1. The second-order valence-electron chi connectivity index (χ2n) is 6.62. The van der Waals surface area contributed by atoms with Crippen LogP contribution in [0.5, 0.6) is 0 Å². The second-order valence-corrected chi connectivity index (χ2v) is 7.03. The third-order valence-corrected chi connectivity index (χ3v) is 5.13. The summed E-state index contributed by atoms with van der Waals surface area (Å²) >= 11 is 6.14. The molecule has 1 aliphatic heterocycles. The van der Waals surface area contributed by atoms with Gasteiger partial charge in [-0.2, -0.15) is 0 Å². The summed E-state index contributed by atoms with van der Waals surface area (Å²) in [6, 6.07) is 11.8. The number of nitrogens with zero attached hydrogens (tertiary/aromatic N) is 2. The Morgan fingerprint density at radius 1 is 1.22 bits per heavy atom. The third-order valence-electron chi connectivity index (χ3n) is 4.78. The van der Waals surface area contributed by atoms with Crippen LogP contribution in [0.1, 0.15) is 16.8 Å². The van der Waals surface area contributed by atoms with Gasteiger partial charge in [-0.15, -0.1) is 0 Å². The van der Waals surface area contributed by atoms with Gasteiger partial charge in [0.25, 0.3) is 5.56 Å². The number of H-pyrrole nitrogens is 1. The number of aromatic amines is 1. The normalized spacial score (nSPS) is 14.1. The maximum Gasteiger partial charge on any atom is 0.254 e. The van der Waals surface area contributed by atoms with Gasteiger partial charge in [0.05, 0.1) is 5.69 Å². The van der Waals surface area contributed by atoms with Crippen LogP contribution >= 0.6 is 11.6 Å². The highest BCUT2D eigenvalue weighted by Crippen LogP contribution is 2.24. The van der Waals surface area contributed by atoms with E-state index in [4.69, 9.17) is 17.3 Å². The van der Waals surface area contributed by atoms with Crippen LogP contribution in [0.4, 0.5) is 10.1 Å². The van der Waals surface area contributed by atoms with E-state index in [1.54, 1.807) is 24.3 Å². The number of rotatable bonds is 3. The standard InChI is InChI=1S/C20H18ClFN4O/c21-16-2-1-3-17(22)15(16)10-26-9-8-14-18(11-26)24-19(25-20(14)27)12-4-6-13(23)7-5-12/h1-7H,8-11,23H2,(H,24,25,27). The van der Waals surface area contributed by atoms with Crippen molar-refractivity contribution in [3.63, 3.8) is 0 Å². The van der Waals surface area contributed by atoms with Crippen LogP contribution in [0.3, 0.4) is 0 Å². The zero-order valence-corrected chi connectivity index (χ0v) is 15.3. The Bertz CT molecular complexity index is 1030. The summed E-state index contributed by atoms with van der Waals surface area (Å²) in [4.78, 5) is 22.0. The lowest BCUT2D eigenvalue weighted by Crippen LogP contribution is -2.35. The highest BCUT2D eigenvalue weighted by Gasteiger charge is 2.23. The van der Waals surface area contributed by atoms with E-state index < -0.39 is 0 Å². The van der Waals surface area contributed by atoms with Crippen molar-refractivity contribution in [2.45, 2.75) is 19.5 Å². The average molecular weight is 385 g/mol. The molecule has 0 bridgehead atoms. The number of hydrogen-bond donors (Lipinski definition) is 2. The Morgan fingerprint density at radius 2 is 2.00 bits per heavy atom. The fraction of sp³-hybridized carbons (Fsp3) is 0.200. The number of nitrogen functional groups attached to an aromatic ring is 1. The van der Waals surface area contributed by atoms with E-state index in [0.29, 0.717) is 59.4 Å². The molecular formula is C20H18ClFN4O. The molecule has 1 aliphatic rings. The summed E-state index contributed by atoms with van der Waals surface area (Å²) in [6.07, 6.45) is 0.561. The van der Waals surface area contributed by atoms with Crippen LogP contribution < -0.4 is 11.3 Å². The summed E-state index contributed by atoms with van der Waals surface area (Å²) in [5.41, 5.74) is 8.89. The van der Waals surface area contributed by atoms with Crippen LogP contribution in [-0.4, -0.2) is 21.4 Å². The van der Waals surface area contributed by atoms with Gasteiger partial charge in [0.1, 0.15) is 11.6 Å². The molecule has 0 aliphatic carbocycles. The lowest BCUT2D eigenvalue weighted by molar-refractivity contribution is 0.237. The number of anilines is 1. The van der Waals surface area contributed by atoms with Gasteiger partial charge in [-0.25, -0.2) is 9.37 Å². The first-order valence-corrected chi connectivity index (χ1v) is 9.02. The molecule has 0 radical (unpaired) electrons. The molecule has 0 spiro atoms. The minimum Gasteiger partial charge on any atom is -0.399 e. The van der Waals surface area contributed by atoms with Gasteiger partial charge in [0.15, 0.2) is 0 Å². The number of halogens is 2. The molecule has 138 valence electrons. The number of aromatic nitrogens is 2. The Kier molecular flexibility index (Phi) is 4.68. The first kappa shape index (κ1) is 17.7. The number of fused-ring (bicyclic) bond motifs is 1. The van der Waals surface area contributed by atoms with E-state index in [-0.39, 0.29) is 11.4 Å². The molecule has 1 aromatic heterocycles. The highest BCUT2D eigenvalue weighted by molar-refractivity contribution is 6.31. The highest BCUT2D eigenvalue weighted by atomic mass is 35.5. The van der Waals surface area contributed by atoms with Crippen molar-refractivity contribution in [1.82, 2.24) is 14.9 Å². The number of nitrogens with one attached hydrogen (secondary N) is 1. The molecular weight excluding hydrogens is 367 g/mol. The Labute approximate surface area is 160 Å². The van der Waals surface area contributed by atoms with Gasteiger partial charge >= 0.3 is 0 Å². The first-order chi connectivity index (χ1) is 13.0. The molecule has 0 unspecified atom stereocenters. The quantitative estimate of drug-likeness (QED) is 0.679. The van der Waals surface area contributed by atoms with Gasteiger partial charge in [0, 0.05) is 47.0 Å². The van der Waals surface area contributed by atoms with E-state index in [2.05, 4.69) is 9.97 Å². The minimum atomic E-state index is -0.324. The minimum absolute atomic E-state index is 0.129. The molecule has 0 saturated carbocycles. The summed E-state index contributed by atoms with van der Waals surface area (Å²) in [7, 11) is 0. The molecule has 3 N–H and O–H groups in total. The molecule has 0 saturated heterocycles. The lowest BCUT2D eigenvalue weighted by Gasteiger charge is -2.28. The van der Waals surface area contributed by atoms with Gasteiger partial charge in [0.2, 0.25) is 0 Å². The van der Waals surface area contributed by atoms with Crippen LogP contribution in [0.15, 0.2) is 47.3 Å². The smallest absolute Gasteiger partial charge is 0.254 e. The van der Waals surface area contributed by atoms with Gasteiger partial charge < -0.3 is 10.7 Å². The lowest BCUT2D eigenvalue weighted by atomic mass is 10.0. The largest absolute Gasteiger partial charge is 0.399 e. The van der Waals surface area contributed by atoms with Crippen LogP contribution in [0.2, 0.25) is 5.02 Å². The van der Waals surface area contributed by atoms with Crippen LogP contribution in [0, 0.1) is 5.82 Å². The second kappa shape index (κ2) is 7.13. The molecule has 7 heteroatoms. The number of nitrogens with two attached hydrogens (primary N) is 1. The topological polar surface area (TPSA) is 75.0 Å². The Balaban J connectivity index is 1.63. The average Bonchev–Trinajstić information content (AvgIpc) is 2.65. The van der Waals surface area contributed by atoms with Crippen molar-refractivity contribution < 1.29 is 4.39 Å². The van der Waals surface area contributed by atoms with Gasteiger partial charge in [-0.3, -0.25) is 9.69 Å². The van der Waals surface area contributed by atoms with E-state index in [0.717, 1.165) is 5.56 Å². The zero-order chi connectivity index (χ0) is 19.0. The fourth-order valence-electron chi connectivity index (χ4n) is 3.31. The van der Waals surface area contributed by atoms with E-state index in [1.165, 1.54) is 6.07 Å². The molecule has 5 nitrogen and oxygen atoms in total. The number of benzene rings is 2. The van der Waals surface area contributed by atoms with E-state index in [1.807, 2.05) is 17.0 Å². The van der Waals surface area contributed by atoms with E-state index in [9.17, 15) is 9.18 Å². The van der Waals surface area contributed by atoms with Crippen molar-refractivity contribution in [1.29, 1.82) is 0 Å². The van der Waals surface area contributed by atoms with Crippen molar-refractivity contribution in [3.8, 4) is 11.4 Å². The molecule has 0 fully saturated rings. The van der Waals surface area contributed by atoms with Gasteiger partial charge in [-0.1, -0.05) is 17.7 Å². The maximum atomic E-state index is 14.1. The molecule has 27 heavy (non-hydrogen) atoms. The first-order valence-electron chi connectivity index (χ1n) is 8.64. The zero-order valence-electron chi connectivity index (χ0n) is 14.5. The summed E-state index contributed by atoms with van der Waals surface area (Å²) in [5, 5.41) is 0.405. The van der Waals surface area contributed by atoms with Gasteiger partial charge in [-0.05, 0) is 42.8 Å². The molecule has 4 rings (SSSR count). The van der Waals surface area contributed by atoms with Crippen LogP contribution in [0.25, 0.3) is 11.4 Å². The third kappa shape index (κ3) is 3.59. The monoisotopic (exact) mass is 384 g/mol. The van der Waals surface area contributed by atoms with Crippen molar-refractivity contribution in [2.24, 2.45) is 0 Å². The predicted octanol–water partition coefficient (Wildman–Crippen LogP) is 3.37. The summed E-state index contributed by atoms with van der Waals surface area (Å²) in [5.74, 6) is 0.180. The molecule has 3 aromatic rings. The molecule has 0 amide bonds. The van der Waals surface area contributed by atoms with Crippen molar-refractivity contribution in [2.75, 3.05) is 12.3 Å². The molecule has 2 heterocycles. The Morgan fingerprint density at radius 3 is 2.74 bits per heavy atom. The van der Waals surface area contributed by atoms with Crippen molar-refractivity contribution in [3.05, 3.63) is 80.5 Å². The number of hydrogen-bond acceptors (Lipinski definition) is 4. The summed E-state index contributed by atoms with van der Waals surface area (Å²) < 4.78 is 14.1. The van der Waals surface area contributed by atoms with Crippen LogP contribution in [-0.2, 0) is 19.5 Å². The molecule has 0 atom stereocenters. The predicted molar refractivity (Wildman–Crippen MR) is 104 cm³/mol. The van der Waals surface area contributed by atoms with E-state index >= 15 is 0 Å². The van der Waals surface area contributed by atoms with Crippen molar-refractivity contribution >= 4 is 17.3 Å². The fourth-order valence-corrected chi connectivity index (χ4v) is 3.54. The summed E-state index contributed by atoms with van der Waals surface area (Å²) in [6.45, 7) is 1.48. The molecule has 2 aromatic carbocycles. The maximum absolute atomic E-state index is 14.1. The Hall–Kier alpha value is -2.70.